The van der Waals surface area contributed by atoms with Crippen molar-refractivity contribution in [2.24, 2.45) is 0 Å². The Bertz CT molecular complexity index is 1450. The molecular formula is C38H51N3O4. The highest BCUT2D eigenvalue weighted by Crippen LogP contribution is 2.40. The Morgan fingerprint density at radius 1 is 0.711 bits per heavy atom. The molecule has 0 aromatic heterocycles. The number of nitrogens with one attached hydrogen (secondary N) is 3. The van der Waals surface area contributed by atoms with Gasteiger partial charge in [0.05, 0.1) is 0 Å². The van der Waals surface area contributed by atoms with Crippen molar-refractivity contribution in [1.82, 2.24) is 5.32 Å². The predicted octanol–water partition coefficient (Wildman–Crippen LogP) is 9.34. The molecule has 1 heterocycles. The minimum absolute atomic E-state index is 0.0968. The van der Waals surface area contributed by atoms with E-state index in [9.17, 15) is 9.59 Å². The van der Waals surface area contributed by atoms with Crippen LogP contribution in [0.5, 0.6) is 5.75 Å². The molecule has 0 unspecified atom stereocenters. The van der Waals surface area contributed by atoms with Gasteiger partial charge < -0.3 is 14.8 Å². The smallest absolute Gasteiger partial charge is 0.417 e. The van der Waals surface area contributed by atoms with Crippen LogP contribution in [0.25, 0.3) is 0 Å². The van der Waals surface area contributed by atoms with Gasteiger partial charge >= 0.3 is 12.2 Å². The molecule has 1 saturated heterocycles. The monoisotopic (exact) mass is 613 g/mol. The summed E-state index contributed by atoms with van der Waals surface area (Å²) in [5.41, 5.74) is 4.98. The Morgan fingerprint density at radius 3 is 1.56 bits per heavy atom. The molecule has 1 aliphatic heterocycles. The van der Waals surface area contributed by atoms with Gasteiger partial charge in [0.15, 0.2) is 0 Å². The van der Waals surface area contributed by atoms with E-state index in [-0.39, 0.29) is 28.0 Å². The molecule has 0 aliphatic carbocycles. The maximum atomic E-state index is 13.0. The van der Waals surface area contributed by atoms with E-state index in [4.69, 9.17) is 9.47 Å². The van der Waals surface area contributed by atoms with Crippen molar-refractivity contribution < 1.29 is 19.1 Å². The lowest BCUT2D eigenvalue weighted by atomic mass is 9.79. The molecule has 0 saturated carbocycles. The summed E-state index contributed by atoms with van der Waals surface area (Å²) in [6.45, 7) is 21.2. The summed E-state index contributed by atoms with van der Waals surface area (Å²) in [4.78, 5) is 25.6. The van der Waals surface area contributed by atoms with Crippen LogP contribution in [0.3, 0.4) is 0 Å². The van der Waals surface area contributed by atoms with Crippen LogP contribution in [-0.4, -0.2) is 29.4 Å². The predicted molar refractivity (Wildman–Crippen MR) is 184 cm³/mol. The lowest BCUT2D eigenvalue weighted by Gasteiger charge is -2.45. The number of carbonyl (C=O) groups excluding carboxylic acids is 2. The van der Waals surface area contributed by atoms with Gasteiger partial charge in [0.1, 0.15) is 11.9 Å². The first-order valence-corrected chi connectivity index (χ1v) is 15.9. The average molecular weight is 614 g/mol. The highest BCUT2D eigenvalue weighted by molar-refractivity contribution is 5.87. The highest BCUT2D eigenvalue weighted by atomic mass is 16.6. The van der Waals surface area contributed by atoms with Crippen molar-refractivity contribution in [3.05, 3.63) is 89.0 Å². The quantitative estimate of drug-likeness (QED) is 0.258. The summed E-state index contributed by atoms with van der Waals surface area (Å²) in [6, 6.07) is 21.6. The van der Waals surface area contributed by atoms with E-state index in [0.717, 1.165) is 35.1 Å². The fourth-order valence-corrected chi connectivity index (χ4v) is 6.32. The minimum atomic E-state index is -0.515. The number of hydrogen-bond donors (Lipinski definition) is 3. The van der Waals surface area contributed by atoms with Crippen LogP contribution < -0.4 is 20.7 Å². The molecule has 3 aromatic carbocycles. The number of carbonyl (C=O) groups is 2. The van der Waals surface area contributed by atoms with E-state index >= 15 is 0 Å². The summed E-state index contributed by atoms with van der Waals surface area (Å²) < 4.78 is 11.7. The van der Waals surface area contributed by atoms with Gasteiger partial charge in [-0.1, -0.05) is 84.0 Å². The maximum absolute atomic E-state index is 13.0. The fraction of sp³-hybridized carbons (Fsp3) is 0.474. The fourth-order valence-electron chi connectivity index (χ4n) is 6.32. The van der Waals surface area contributed by atoms with Gasteiger partial charge in [-0.25, -0.2) is 9.59 Å². The van der Waals surface area contributed by atoms with Crippen molar-refractivity contribution in [3.8, 4) is 5.75 Å². The number of benzene rings is 3. The SMILES string of the molecule is CC1(C)CC(OC(=O)Nc2ccc(Cc3ccc(NC(=O)Oc4c(C(C)(C)C)cccc4C(C)(C)C)cc3)cc2)CC(C)(C)N1. The molecule has 7 heteroatoms. The van der Waals surface area contributed by atoms with Crippen LogP contribution in [0.2, 0.25) is 0 Å². The second-order valence-electron chi connectivity index (χ2n) is 15.7. The van der Waals surface area contributed by atoms with E-state index in [1.807, 2.05) is 66.7 Å². The van der Waals surface area contributed by atoms with E-state index in [2.05, 4.69) is 85.2 Å². The number of hydrogen-bond acceptors (Lipinski definition) is 5. The van der Waals surface area contributed by atoms with E-state index < -0.39 is 12.2 Å². The minimum Gasteiger partial charge on any atom is -0.446 e. The molecule has 242 valence electrons. The summed E-state index contributed by atoms with van der Waals surface area (Å²) in [5, 5.41) is 9.36. The van der Waals surface area contributed by atoms with Crippen LogP contribution >= 0.6 is 0 Å². The summed E-state index contributed by atoms with van der Waals surface area (Å²) in [7, 11) is 0. The van der Waals surface area contributed by atoms with Crippen molar-refractivity contribution in [2.45, 2.75) is 117 Å². The van der Waals surface area contributed by atoms with Gasteiger partial charge in [0, 0.05) is 46.4 Å². The molecule has 2 amide bonds. The third-order valence-corrected chi connectivity index (χ3v) is 8.06. The molecule has 45 heavy (non-hydrogen) atoms. The lowest BCUT2D eigenvalue weighted by Crippen LogP contribution is -2.59. The van der Waals surface area contributed by atoms with Crippen LogP contribution in [0.1, 0.15) is 104 Å². The molecule has 0 radical (unpaired) electrons. The van der Waals surface area contributed by atoms with Crippen LogP contribution in [0.4, 0.5) is 21.0 Å². The van der Waals surface area contributed by atoms with Gasteiger partial charge in [-0.2, -0.15) is 0 Å². The lowest BCUT2D eigenvalue weighted by molar-refractivity contribution is 0.0256. The number of ether oxygens (including phenoxy) is 2. The third-order valence-electron chi connectivity index (χ3n) is 8.06. The zero-order valence-corrected chi connectivity index (χ0v) is 28.7. The molecule has 0 spiro atoms. The second kappa shape index (κ2) is 12.9. The molecule has 1 fully saturated rings. The van der Waals surface area contributed by atoms with Crippen LogP contribution in [-0.2, 0) is 22.0 Å². The largest absolute Gasteiger partial charge is 0.446 e. The number of piperidine rings is 1. The molecule has 0 bridgehead atoms. The van der Waals surface area contributed by atoms with Gasteiger partial charge in [-0.05, 0) is 80.3 Å². The van der Waals surface area contributed by atoms with Gasteiger partial charge in [0.25, 0.3) is 0 Å². The van der Waals surface area contributed by atoms with Crippen molar-refractivity contribution >= 4 is 23.6 Å². The maximum Gasteiger partial charge on any atom is 0.417 e. The van der Waals surface area contributed by atoms with Crippen molar-refractivity contribution in [2.75, 3.05) is 10.6 Å². The summed E-state index contributed by atoms with van der Waals surface area (Å²) in [6.07, 6.45) is 1.15. The zero-order valence-electron chi connectivity index (χ0n) is 28.7. The molecule has 7 nitrogen and oxygen atoms in total. The molecule has 0 atom stereocenters. The number of amides is 2. The van der Waals surface area contributed by atoms with Gasteiger partial charge in [-0.15, -0.1) is 0 Å². The Morgan fingerprint density at radius 2 is 1.13 bits per heavy atom. The number of rotatable bonds is 6. The van der Waals surface area contributed by atoms with Gasteiger partial charge in [-0.3, -0.25) is 10.6 Å². The molecule has 3 N–H and O–H groups in total. The molecule has 3 aromatic rings. The first kappa shape index (κ1) is 34.0. The topological polar surface area (TPSA) is 88.7 Å². The van der Waals surface area contributed by atoms with E-state index in [0.29, 0.717) is 23.5 Å². The standard InChI is InChI=1S/C38H51N3O4/c1-35(2,3)30-12-11-13-31(36(4,5)6)32(30)45-34(43)40-28-20-16-26(17-21-28)22-25-14-18-27(19-15-25)39-33(42)44-29-23-37(7,8)41-38(9,10)24-29/h11-21,29,41H,22-24H2,1-10H3,(H,39,42)(H,40,43). The van der Waals surface area contributed by atoms with Crippen LogP contribution in [0, 0.1) is 0 Å². The van der Waals surface area contributed by atoms with Crippen molar-refractivity contribution in [3.63, 3.8) is 0 Å². The Labute approximate surface area is 269 Å². The third kappa shape index (κ3) is 9.57. The summed E-state index contributed by atoms with van der Waals surface area (Å²) >= 11 is 0. The number of anilines is 2. The van der Waals surface area contributed by atoms with Crippen LogP contribution in [0.15, 0.2) is 66.7 Å². The molecule has 1 aliphatic rings. The normalized spacial score (nSPS) is 16.5. The first-order chi connectivity index (χ1) is 20.8. The second-order valence-corrected chi connectivity index (χ2v) is 15.7. The first-order valence-electron chi connectivity index (χ1n) is 15.9. The number of para-hydroxylation sites is 1. The average Bonchev–Trinajstić information content (AvgIpc) is 2.88. The van der Waals surface area contributed by atoms with E-state index in [1.165, 1.54) is 0 Å². The van der Waals surface area contributed by atoms with Crippen molar-refractivity contribution in [1.29, 1.82) is 0 Å². The molecule has 4 rings (SSSR count). The van der Waals surface area contributed by atoms with E-state index in [1.54, 1.807) is 0 Å². The van der Waals surface area contributed by atoms with Gasteiger partial charge in [0.2, 0.25) is 0 Å². The Kier molecular flexibility index (Phi) is 9.74. The Hall–Kier alpha value is -3.84. The molecular weight excluding hydrogens is 562 g/mol. The Balaban J connectivity index is 1.33. The summed E-state index contributed by atoms with van der Waals surface area (Å²) in [5.74, 6) is 0.622. The highest BCUT2D eigenvalue weighted by Gasteiger charge is 2.39. The zero-order chi connectivity index (χ0) is 33.2.